The fraction of sp³-hybridized carbons (Fsp3) is 0.136. The van der Waals surface area contributed by atoms with Gasteiger partial charge in [-0.1, -0.05) is 29.8 Å². The molecule has 148 valence electrons. The van der Waals surface area contributed by atoms with Gasteiger partial charge >= 0.3 is 5.97 Å². The van der Waals surface area contributed by atoms with Crippen molar-refractivity contribution in [3.8, 4) is 5.75 Å². The number of aromatic nitrogens is 1. The maximum atomic E-state index is 14.1. The van der Waals surface area contributed by atoms with E-state index < -0.39 is 11.8 Å². The van der Waals surface area contributed by atoms with Gasteiger partial charge in [-0.2, -0.15) is 0 Å². The first-order chi connectivity index (χ1) is 13.8. The Bertz CT molecular complexity index is 1090. The predicted molar refractivity (Wildman–Crippen MR) is 112 cm³/mol. The average molecular weight is 410 g/mol. The second-order valence-corrected chi connectivity index (χ2v) is 7.22. The molecule has 0 N–H and O–H groups in total. The summed E-state index contributed by atoms with van der Waals surface area (Å²) in [6.45, 7) is 5.17. The number of ether oxygens (including phenoxy) is 1. The average Bonchev–Trinajstić information content (AvgIpc) is 3.12. The number of rotatable bonds is 5. The number of hydrogen-bond acceptors (Lipinski definition) is 5. The molecule has 3 aromatic rings. The lowest BCUT2D eigenvalue weighted by atomic mass is 10.1. The Hall–Kier alpha value is -3.32. The molecule has 0 saturated carbocycles. The molecule has 0 atom stereocenters. The van der Waals surface area contributed by atoms with Crippen LogP contribution in [-0.2, 0) is 9.59 Å². The first-order valence-corrected chi connectivity index (χ1v) is 9.71. The number of halogens is 1. The zero-order valence-electron chi connectivity index (χ0n) is 16.2. The van der Waals surface area contributed by atoms with Gasteiger partial charge in [0.25, 0.3) is 0 Å². The van der Waals surface area contributed by atoms with Crippen molar-refractivity contribution in [3.63, 3.8) is 0 Å². The lowest BCUT2D eigenvalue weighted by Crippen LogP contribution is -2.23. The Kier molecular flexibility index (Phi) is 6.19. The molecule has 2 aromatic carbocycles. The van der Waals surface area contributed by atoms with Crippen LogP contribution in [-0.4, -0.2) is 16.9 Å². The third-order valence-corrected chi connectivity index (χ3v) is 4.88. The molecular formula is C22H19FN2O3S. The minimum absolute atomic E-state index is 0.124. The molecule has 0 aliphatic heterocycles. The minimum atomic E-state index is -0.538. The van der Waals surface area contributed by atoms with E-state index in [1.165, 1.54) is 47.4 Å². The molecule has 0 aliphatic rings. The Balaban J connectivity index is 1.76. The van der Waals surface area contributed by atoms with Gasteiger partial charge in [-0.25, -0.2) is 14.2 Å². The predicted octanol–water partition coefficient (Wildman–Crippen LogP) is 5.20. The number of benzene rings is 2. The molecule has 3 rings (SSSR count). The van der Waals surface area contributed by atoms with E-state index in [2.05, 4.69) is 4.98 Å². The second kappa shape index (κ2) is 8.79. The number of carbonyl (C=O) groups excluding carboxylic acids is 2. The third kappa shape index (κ3) is 4.94. The zero-order chi connectivity index (χ0) is 21.0. The first-order valence-electron chi connectivity index (χ1n) is 8.83. The van der Waals surface area contributed by atoms with E-state index in [0.29, 0.717) is 16.6 Å². The number of hydrogen-bond donors (Lipinski definition) is 0. The van der Waals surface area contributed by atoms with Crippen LogP contribution in [0.25, 0.3) is 6.08 Å². The van der Waals surface area contributed by atoms with Gasteiger partial charge in [-0.15, -0.1) is 11.3 Å². The highest BCUT2D eigenvalue weighted by Gasteiger charge is 2.20. The van der Waals surface area contributed by atoms with Gasteiger partial charge in [0.15, 0.2) is 5.13 Å². The molecule has 1 amide bonds. The van der Waals surface area contributed by atoms with Crippen molar-refractivity contribution in [2.24, 2.45) is 0 Å². The van der Waals surface area contributed by atoms with Crippen LogP contribution in [0.5, 0.6) is 5.75 Å². The van der Waals surface area contributed by atoms with E-state index >= 15 is 0 Å². The summed E-state index contributed by atoms with van der Waals surface area (Å²) in [5, 5.41) is 1.98. The first kappa shape index (κ1) is 20.4. The number of thiazole rings is 1. The zero-order valence-corrected chi connectivity index (χ0v) is 17.0. The number of carbonyl (C=O) groups is 2. The molecule has 0 bridgehead atoms. The molecular weight excluding hydrogens is 391 g/mol. The molecule has 0 radical (unpaired) electrons. The number of esters is 1. The molecule has 0 unspecified atom stereocenters. The van der Waals surface area contributed by atoms with Crippen LogP contribution in [0.1, 0.15) is 23.7 Å². The largest absolute Gasteiger partial charge is 0.423 e. The molecule has 0 saturated heterocycles. The number of amides is 1. The van der Waals surface area contributed by atoms with Crippen LogP contribution in [0.4, 0.5) is 15.2 Å². The molecule has 5 nitrogen and oxygen atoms in total. The molecule has 0 fully saturated rings. The fourth-order valence-corrected chi connectivity index (χ4v) is 3.55. The summed E-state index contributed by atoms with van der Waals surface area (Å²) in [5.74, 6) is -0.933. The number of anilines is 2. The normalized spacial score (nSPS) is 10.9. The van der Waals surface area contributed by atoms with Crippen molar-refractivity contribution in [2.75, 3.05) is 4.90 Å². The molecule has 1 heterocycles. The molecule has 0 spiro atoms. The third-order valence-electron chi connectivity index (χ3n) is 4.04. The quantitative estimate of drug-likeness (QED) is 0.329. The highest BCUT2D eigenvalue weighted by Crippen LogP contribution is 2.31. The number of aryl methyl sites for hydroxylation is 2. The Labute approximate surface area is 172 Å². The van der Waals surface area contributed by atoms with Gasteiger partial charge in [0.05, 0.1) is 11.4 Å². The van der Waals surface area contributed by atoms with Crippen LogP contribution in [0.2, 0.25) is 0 Å². The van der Waals surface area contributed by atoms with Gasteiger partial charge < -0.3 is 4.74 Å². The van der Waals surface area contributed by atoms with E-state index in [0.717, 1.165) is 11.1 Å². The van der Waals surface area contributed by atoms with Crippen LogP contribution in [0.3, 0.4) is 0 Å². The summed E-state index contributed by atoms with van der Waals surface area (Å²) in [4.78, 5) is 29.7. The van der Waals surface area contributed by atoms with E-state index in [1.807, 2.05) is 26.0 Å². The van der Waals surface area contributed by atoms with E-state index in [4.69, 9.17) is 4.74 Å². The lowest BCUT2D eigenvalue weighted by Gasteiger charge is -2.18. The second-order valence-electron chi connectivity index (χ2n) is 6.38. The van der Waals surface area contributed by atoms with E-state index in [1.54, 1.807) is 23.6 Å². The SMILES string of the molecule is CC(=O)N(c1nc(C=CC(=O)Oc2ccc(C)cc2C)cs1)c1ccccc1F. The highest BCUT2D eigenvalue weighted by atomic mass is 32.1. The van der Waals surface area contributed by atoms with Crippen molar-refractivity contribution >= 4 is 40.1 Å². The topological polar surface area (TPSA) is 59.5 Å². The lowest BCUT2D eigenvalue weighted by molar-refractivity contribution is -0.129. The Morgan fingerprint density at radius 2 is 1.93 bits per heavy atom. The van der Waals surface area contributed by atoms with Crippen LogP contribution in [0, 0.1) is 19.7 Å². The number of nitrogens with zero attached hydrogens (tertiary/aromatic N) is 2. The summed E-state index contributed by atoms with van der Waals surface area (Å²) in [7, 11) is 0. The molecule has 7 heteroatoms. The number of para-hydroxylation sites is 1. The molecule has 29 heavy (non-hydrogen) atoms. The van der Waals surface area contributed by atoms with Crippen molar-refractivity contribution in [2.45, 2.75) is 20.8 Å². The van der Waals surface area contributed by atoms with Gasteiger partial charge in [-0.3, -0.25) is 9.69 Å². The maximum absolute atomic E-state index is 14.1. The van der Waals surface area contributed by atoms with Crippen molar-refractivity contribution < 1.29 is 18.7 Å². The van der Waals surface area contributed by atoms with Gasteiger partial charge in [0.1, 0.15) is 11.6 Å². The fourth-order valence-electron chi connectivity index (χ4n) is 2.71. The minimum Gasteiger partial charge on any atom is -0.423 e. The summed E-state index contributed by atoms with van der Waals surface area (Å²) < 4.78 is 19.5. The van der Waals surface area contributed by atoms with E-state index in [9.17, 15) is 14.0 Å². The van der Waals surface area contributed by atoms with Crippen LogP contribution >= 0.6 is 11.3 Å². The molecule has 0 aliphatic carbocycles. The van der Waals surface area contributed by atoms with Gasteiger partial charge in [0.2, 0.25) is 5.91 Å². The monoisotopic (exact) mass is 410 g/mol. The van der Waals surface area contributed by atoms with Gasteiger partial charge in [-0.05, 0) is 43.7 Å². The van der Waals surface area contributed by atoms with Crippen LogP contribution in [0.15, 0.2) is 53.9 Å². The van der Waals surface area contributed by atoms with Crippen molar-refractivity contribution in [3.05, 3.63) is 76.6 Å². The van der Waals surface area contributed by atoms with E-state index in [-0.39, 0.29) is 11.6 Å². The Morgan fingerprint density at radius 3 is 2.62 bits per heavy atom. The summed E-state index contributed by atoms with van der Waals surface area (Å²) >= 11 is 1.17. The Morgan fingerprint density at radius 1 is 1.17 bits per heavy atom. The highest BCUT2D eigenvalue weighted by molar-refractivity contribution is 7.14. The summed E-state index contributed by atoms with van der Waals surface area (Å²) in [5.41, 5.74) is 2.53. The molecule has 1 aromatic heterocycles. The van der Waals surface area contributed by atoms with Crippen molar-refractivity contribution in [1.29, 1.82) is 0 Å². The smallest absolute Gasteiger partial charge is 0.336 e. The van der Waals surface area contributed by atoms with Crippen LogP contribution < -0.4 is 9.64 Å². The maximum Gasteiger partial charge on any atom is 0.336 e. The summed E-state index contributed by atoms with van der Waals surface area (Å²) in [6.07, 6.45) is 2.75. The summed E-state index contributed by atoms with van der Waals surface area (Å²) in [6, 6.07) is 11.5. The standard InChI is InChI=1S/C22H19FN2O3S/c1-14-8-10-20(15(2)12-14)28-21(27)11-9-17-13-29-22(24-17)25(16(3)26)19-7-5-4-6-18(19)23/h4-13H,1-3H3. The van der Waals surface area contributed by atoms with Gasteiger partial charge in [0, 0.05) is 18.4 Å². The van der Waals surface area contributed by atoms with Crippen molar-refractivity contribution in [1.82, 2.24) is 4.98 Å².